The number of hydrogen-bond donors (Lipinski definition) is 1. The van der Waals surface area contributed by atoms with Gasteiger partial charge in [0.05, 0.1) is 0 Å². The van der Waals surface area contributed by atoms with Crippen LogP contribution in [0.2, 0.25) is 1.41 Å². The molecule has 0 unspecified atom stereocenters. The Morgan fingerprint density at radius 1 is 1.86 bits per heavy atom. The average molecular weight is 112 g/mol. The molecular weight excluding hydrogens is 88.1 g/mol. The van der Waals surface area contributed by atoms with Crippen molar-refractivity contribution in [3.8, 4) is 0 Å². The largest absolute Gasteiger partial charge is 0.314 e. The maximum Gasteiger partial charge on any atom is 0.122 e. The van der Waals surface area contributed by atoms with E-state index in [-0.39, 0.29) is 0 Å². The van der Waals surface area contributed by atoms with Crippen molar-refractivity contribution in [3.05, 3.63) is 0 Å². The molecule has 1 fully saturated rings. The Balaban J connectivity index is 3.60. The third kappa shape index (κ3) is 1.45. The summed E-state index contributed by atoms with van der Waals surface area (Å²) in [5, 5.41) is -0.512. The minimum absolute atomic E-state index is 0.474. The number of likely N-dealkylation sites (N-methyl/N-ethyl adjacent to an activating group) is 1. The fourth-order valence-electron chi connectivity index (χ4n) is 0.206. The highest BCUT2D eigenvalue weighted by atomic mass is 15.2. The molecule has 1 aliphatic rings. The molecule has 2 nitrogen and oxygen atoms in total. The molecule has 1 rings (SSSR count). The van der Waals surface area contributed by atoms with E-state index in [0.29, 0.717) is 0 Å². The molecule has 1 saturated heterocycles. The zero-order chi connectivity index (χ0) is 15.7. The second kappa shape index (κ2) is 2.28. The first-order valence-electron chi connectivity index (χ1n) is 7.57. The fourth-order valence-corrected chi connectivity index (χ4v) is 0.206. The number of nitrogens with one attached hydrogen (secondary N) is 1. The summed E-state index contributed by atoms with van der Waals surface area (Å²) in [4.78, 5) is -0.474. The third-order valence-electron chi connectivity index (χ3n) is 0.435. The van der Waals surface area contributed by atoms with Crippen LogP contribution in [0.25, 0.3) is 0 Å². The maximum atomic E-state index is 7.49. The summed E-state index contributed by atoms with van der Waals surface area (Å²) in [5.41, 5.74) is 0. The molecule has 0 aliphatic carbocycles. The van der Waals surface area contributed by atoms with Gasteiger partial charge in [0.15, 0.2) is 0 Å². The molecule has 2 heteroatoms. The van der Waals surface area contributed by atoms with Crippen molar-refractivity contribution in [1.29, 1.82) is 0 Å². The lowest BCUT2D eigenvalue weighted by atomic mass is 10.4. The van der Waals surface area contributed by atoms with E-state index >= 15 is 0 Å². The topological polar surface area (TPSA) is 15.3 Å². The van der Waals surface area contributed by atoms with Crippen LogP contribution >= 0.6 is 0 Å². The molecule has 0 amide bonds. The lowest BCUT2D eigenvalue weighted by Crippen LogP contribution is -2.40. The molecule has 0 radical (unpaired) electrons. The van der Waals surface area contributed by atoms with Crippen LogP contribution in [0.5, 0.6) is 0 Å². The third-order valence-corrected chi connectivity index (χ3v) is 0.435. The summed E-state index contributed by atoms with van der Waals surface area (Å²) >= 11 is 0. The number of piperazine rings is 1. The Bertz CT molecular complexity index is 343. The zero-order valence-corrected chi connectivity index (χ0v) is 3.39. The van der Waals surface area contributed by atoms with Crippen LogP contribution < -0.4 is 5.31 Å². The SMILES string of the molecule is [2H]N1C([2H])([2H])C([2H])([2H])N(C([2H])([2H])[2H])C([2H])([2H])C1([2H])[2H]. The molecule has 0 aromatic rings. The van der Waals surface area contributed by atoms with E-state index in [9.17, 15) is 0 Å². The van der Waals surface area contributed by atoms with Crippen LogP contribution in [-0.4, -0.2) is 37.9 Å². The van der Waals surface area contributed by atoms with Crippen molar-refractivity contribution in [3.63, 3.8) is 0 Å². The molecule has 0 saturated carbocycles. The molecule has 0 aromatic heterocycles. The fraction of sp³-hybridized carbons (Fsp3) is 1.00. The summed E-state index contributed by atoms with van der Waals surface area (Å²) in [6.07, 6.45) is 0. The maximum absolute atomic E-state index is 7.49. The van der Waals surface area contributed by atoms with Crippen molar-refractivity contribution in [2.75, 3.05) is 33.0 Å². The number of hydrogen-bond acceptors (Lipinski definition) is 2. The molecule has 7 heavy (non-hydrogen) atoms. The van der Waals surface area contributed by atoms with Crippen LogP contribution in [0.4, 0.5) is 0 Å². The Kier molecular flexibility index (Phi) is 0.221. The van der Waals surface area contributed by atoms with Gasteiger partial charge in [-0.3, -0.25) is 0 Å². The summed E-state index contributed by atoms with van der Waals surface area (Å²) in [5.74, 6) is 0. The highest BCUT2D eigenvalue weighted by Crippen LogP contribution is 1.82. The van der Waals surface area contributed by atoms with Crippen LogP contribution in [0.3, 0.4) is 0 Å². The first-order valence-corrected chi connectivity index (χ1v) is 1.62. The predicted octanol–water partition coefficient (Wildman–Crippen LogP) is -0.479. The Morgan fingerprint density at radius 3 is 3.14 bits per heavy atom. The first kappa shape index (κ1) is 0.677. The van der Waals surface area contributed by atoms with Gasteiger partial charge in [-0.05, 0) is 6.98 Å². The molecule has 1 aliphatic heterocycles. The van der Waals surface area contributed by atoms with Crippen LogP contribution in [0.1, 0.15) is 15.1 Å². The van der Waals surface area contributed by atoms with Gasteiger partial charge in [0.1, 0.15) is 1.41 Å². The van der Waals surface area contributed by atoms with Gasteiger partial charge in [-0.15, -0.1) is 0 Å². The smallest absolute Gasteiger partial charge is 0.122 e. The van der Waals surface area contributed by atoms with E-state index in [1.807, 2.05) is 0 Å². The molecule has 0 atom stereocenters. The number of rotatable bonds is 0. The monoisotopic (exact) mass is 112 g/mol. The van der Waals surface area contributed by atoms with Crippen molar-refractivity contribution in [1.82, 2.24) is 10.2 Å². The van der Waals surface area contributed by atoms with Crippen molar-refractivity contribution in [2.24, 2.45) is 0 Å². The Hall–Kier alpha value is -0.0800. The summed E-state index contributed by atoms with van der Waals surface area (Å²) < 4.78 is 88.3. The minimum Gasteiger partial charge on any atom is -0.314 e. The summed E-state index contributed by atoms with van der Waals surface area (Å²) in [7, 11) is 0. The minimum atomic E-state index is -3.44. The summed E-state index contributed by atoms with van der Waals surface area (Å²) in [6, 6.07) is 0. The lowest BCUT2D eigenvalue weighted by molar-refractivity contribution is 0.291. The van der Waals surface area contributed by atoms with Gasteiger partial charge in [0.2, 0.25) is 0 Å². The molecule has 0 bridgehead atoms. The quantitative estimate of drug-likeness (QED) is 0.455. The highest BCUT2D eigenvalue weighted by Gasteiger charge is 2.01. The molecular formula is C5H12N2. The lowest BCUT2D eigenvalue weighted by Gasteiger charge is -2.21. The van der Waals surface area contributed by atoms with Gasteiger partial charge in [-0.2, -0.15) is 0 Å². The van der Waals surface area contributed by atoms with Crippen LogP contribution in [0.15, 0.2) is 0 Å². The van der Waals surface area contributed by atoms with E-state index < -0.39 is 43.2 Å². The van der Waals surface area contributed by atoms with Gasteiger partial charge in [-0.1, -0.05) is 0 Å². The highest BCUT2D eigenvalue weighted by molar-refractivity contribution is 4.62. The zero-order valence-electron chi connectivity index (χ0n) is 15.4. The van der Waals surface area contributed by atoms with E-state index in [1.165, 1.54) is 0 Å². The van der Waals surface area contributed by atoms with E-state index in [2.05, 4.69) is 0 Å². The second-order valence-corrected chi connectivity index (χ2v) is 0.894. The van der Waals surface area contributed by atoms with Crippen LogP contribution in [0, 0.1) is 0 Å². The van der Waals surface area contributed by atoms with Crippen molar-refractivity contribution >= 4 is 0 Å². The molecule has 42 valence electrons. The summed E-state index contributed by atoms with van der Waals surface area (Å²) in [6.45, 7) is -17.0. The molecule has 1 N–H and O–H groups in total. The first-order chi connectivity index (χ1) is 8.02. The van der Waals surface area contributed by atoms with E-state index in [4.69, 9.17) is 16.5 Å². The normalized spacial score (nSPS) is 84.0. The Labute approximate surface area is 61.4 Å². The van der Waals surface area contributed by atoms with Gasteiger partial charge in [-0.25, -0.2) is 0 Å². The van der Waals surface area contributed by atoms with Crippen LogP contribution in [-0.2, 0) is 0 Å². The standard InChI is InChI=1S/C5H12N2/c1-7-4-2-6-3-5-7/h6H,2-5H2,1H3/i1D3,2D2,3D2,4D2,5D2/hD. The van der Waals surface area contributed by atoms with Crippen molar-refractivity contribution < 1.29 is 16.5 Å². The predicted molar refractivity (Wildman–Crippen MR) is 30.4 cm³/mol. The van der Waals surface area contributed by atoms with E-state index in [0.717, 1.165) is 0 Å². The van der Waals surface area contributed by atoms with Gasteiger partial charge in [0, 0.05) is 41.1 Å². The molecule has 0 aromatic carbocycles. The average Bonchev–Trinajstić information content (AvgIpc) is 2.10. The molecule has 1 heterocycles. The van der Waals surface area contributed by atoms with Gasteiger partial charge < -0.3 is 10.2 Å². The van der Waals surface area contributed by atoms with Gasteiger partial charge in [0.25, 0.3) is 0 Å². The van der Waals surface area contributed by atoms with Crippen molar-refractivity contribution in [2.45, 2.75) is 0 Å². The second-order valence-electron chi connectivity index (χ2n) is 0.894. The molecule has 0 spiro atoms. The Morgan fingerprint density at radius 2 is 2.57 bits per heavy atom. The van der Waals surface area contributed by atoms with Gasteiger partial charge >= 0.3 is 0 Å². The number of nitrogens with zero attached hydrogens (tertiary/aromatic N) is 1. The van der Waals surface area contributed by atoms with E-state index in [1.54, 1.807) is 0 Å².